The molecule has 0 heterocycles. The highest BCUT2D eigenvalue weighted by atomic mass is 16.4. The monoisotopic (exact) mass is 233 g/mol. The molecule has 1 saturated carbocycles. The summed E-state index contributed by atoms with van der Waals surface area (Å²) in [6.45, 7) is 2.65. The molecule has 0 aliphatic heterocycles. The molecule has 2 atom stereocenters. The van der Waals surface area contributed by atoms with E-state index in [1.165, 1.54) is 12.8 Å². The first-order chi connectivity index (χ1) is 8.18. The second-order valence-electron chi connectivity index (χ2n) is 4.84. The van der Waals surface area contributed by atoms with Gasteiger partial charge in [0, 0.05) is 12.6 Å². The summed E-state index contributed by atoms with van der Waals surface area (Å²) in [7, 11) is 0. The van der Waals surface area contributed by atoms with Crippen LogP contribution in [0.5, 0.6) is 0 Å². The molecule has 2 N–H and O–H groups in total. The van der Waals surface area contributed by atoms with E-state index in [-0.39, 0.29) is 0 Å². The zero-order chi connectivity index (χ0) is 12.3. The van der Waals surface area contributed by atoms with E-state index >= 15 is 0 Å². The van der Waals surface area contributed by atoms with Crippen molar-refractivity contribution in [3.63, 3.8) is 0 Å². The molecule has 1 aliphatic carbocycles. The molecule has 0 amide bonds. The number of hydrogen-bond acceptors (Lipinski definition) is 2. The van der Waals surface area contributed by atoms with Gasteiger partial charge in [-0.15, -0.1) is 0 Å². The van der Waals surface area contributed by atoms with Crippen LogP contribution in [0.25, 0.3) is 0 Å². The normalized spacial score (nSPS) is 18.6. The first-order valence-electron chi connectivity index (χ1n) is 6.19. The number of rotatable bonds is 6. The molecule has 3 heteroatoms. The summed E-state index contributed by atoms with van der Waals surface area (Å²) in [6, 6.07) is 9.86. The lowest BCUT2D eigenvalue weighted by Gasteiger charge is -2.17. The lowest BCUT2D eigenvalue weighted by Crippen LogP contribution is -2.34. The van der Waals surface area contributed by atoms with E-state index < -0.39 is 11.9 Å². The second kappa shape index (κ2) is 5.32. The van der Waals surface area contributed by atoms with Crippen LogP contribution in [0.15, 0.2) is 30.3 Å². The van der Waals surface area contributed by atoms with Crippen molar-refractivity contribution in [3.05, 3.63) is 35.9 Å². The molecule has 3 nitrogen and oxygen atoms in total. The average molecular weight is 233 g/mol. The van der Waals surface area contributed by atoms with E-state index in [2.05, 4.69) is 12.2 Å². The third-order valence-electron chi connectivity index (χ3n) is 3.47. The number of carbonyl (C=O) groups is 1. The van der Waals surface area contributed by atoms with Crippen LogP contribution in [0, 0.1) is 5.92 Å². The molecule has 0 spiro atoms. The first-order valence-corrected chi connectivity index (χ1v) is 6.19. The predicted octanol–water partition coefficient (Wildman–Crippen LogP) is 2.24. The van der Waals surface area contributed by atoms with Crippen molar-refractivity contribution in [2.24, 2.45) is 5.92 Å². The summed E-state index contributed by atoms with van der Waals surface area (Å²) in [5, 5.41) is 12.6. The molecule has 0 aromatic heterocycles. The van der Waals surface area contributed by atoms with Crippen molar-refractivity contribution in [1.29, 1.82) is 0 Å². The Kier molecular flexibility index (Phi) is 3.79. The van der Waals surface area contributed by atoms with E-state index in [1.54, 1.807) is 0 Å². The molecule has 1 aliphatic rings. The van der Waals surface area contributed by atoms with E-state index in [4.69, 9.17) is 0 Å². The fourth-order valence-corrected chi connectivity index (χ4v) is 2.10. The summed E-state index contributed by atoms with van der Waals surface area (Å²) < 4.78 is 0. The van der Waals surface area contributed by atoms with Crippen LogP contribution in [0.3, 0.4) is 0 Å². The van der Waals surface area contributed by atoms with E-state index in [0.717, 1.165) is 11.5 Å². The van der Waals surface area contributed by atoms with Gasteiger partial charge in [-0.25, -0.2) is 0 Å². The second-order valence-corrected chi connectivity index (χ2v) is 4.84. The topological polar surface area (TPSA) is 49.3 Å². The van der Waals surface area contributed by atoms with Crippen LogP contribution in [-0.2, 0) is 4.79 Å². The van der Waals surface area contributed by atoms with E-state index in [0.29, 0.717) is 12.6 Å². The Hall–Kier alpha value is -1.35. The molecule has 92 valence electrons. The van der Waals surface area contributed by atoms with Gasteiger partial charge in [-0.1, -0.05) is 30.3 Å². The van der Waals surface area contributed by atoms with Crippen molar-refractivity contribution in [2.45, 2.75) is 31.7 Å². The molecule has 1 aromatic rings. The van der Waals surface area contributed by atoms with Gasteiger partial charge in [0.1, 0.15) is 0 Å². The maximum Gasteiger partial charge on any atom is 0.312 e. The molecular weight excluding hydrogens is 214 g/mol. The number of aliphatic carboxylic acids is 1. The highest BCUT2D eigenvalue weighted by molar-refractivity contribution is 5.76. The molecule has 0 bridgehead atoms. The number of benzene rings is 1. The summed E-state index contributed by atoms with van der Waals surface area (Å²) in [5.74, 6) is -0.454. The summed E-state index contributed by atoms with van der Waals surface area (Å²) in [6.07, 6.45) is 2.55. The maximum absolute atomic E-state index is 11.3. The van der Waals surface area contributed by atoms with E-state index in [9.17, 15) is 9.90 Å². The van der Waals surface area contributed by atoms with Crippen LogP contribution in [0.4, 0.5) is 0 Å². The SMILES string of the molecule is CC(NCC(C(=O)O)c1ccccc1)C1CC1. The van der Waals surface area contributed by atoms with Crippen molar-refractivity contribution in [1.82, 2.24) is 5.32 Å². The summed E-state index contributed by atoms with van der Waals surface area (Å²) in [5.41, 5.74) is 0.871. The van der Waals surface area contributed by atoms with Crippen LogP contribution >= 0.6 is 0 Å². The lowest BCUT2D eigenvalue weighted by molar-refractivity contribution is -0.138. The van der Waals surface area contributed by atoms with Gasteiger partial charge >= 0.3 is 5.97 Å². The molecular formula is C14H19NO2. The molecule has 2 rings (SSSR count). The maximum atomic E-state index is 11.3. The number of carboxylic acids is 1. The van der Waals surface area contributed by atoms with Crippen molar-refractivity contribution in [2.75, 3.05) is 6.54 Å². The van der Waals surface area contributed by atoms with Crippen LogP contribution in [0.2, 0.25) is 0 Å². The van der Waals surface area contributed by atoms with Gasteiger partial charge in [0.2, 0.25) is 0 Å². The minimum absolute atomic E-state index is 0.431. The van der Waals surface area contributed by atoms with Gasteiger partial charge in [-0.3, -0.25) is 4.79 Å². The highest BCUT2D eigenvalue weighted by Gasteiger charge is 2.29. The van der Waals surface area contributed by atoms with E-state index in [1.807, 2.05) is 30.3 Å². The van der Waals surface area contributed by atoms with Crippen molar-refractivity contribution < 1.29 is 9.90 Å². The smallest absolute Gasteiger partial charge is 0.312 e. The third-order valence-corrected chi connectivity index (χ3v) is 3.47. The zero-order valence-electron chi connectivity index (χ0n) is 10.1. The minimum Gasteiger partial charge on any atom is -0.481 e. The number of hydrogen-bond donors (Lipinski definition) is 2. The molecule has 0 saturated heterocycles. The molecule has 1 aromatic carbocycles. The molecule has 2 unspecified atom stereocenters. The summed E-state index contributed by atoms with van der Waals surface area (Å²) >= 11 is 0. The summed E-state index contributed by atoms with van der Waals surface area (Å²) in [4.78, 5) is 11.3. The van der Waals surface area contributed by atoms with Crippen molar-refractivity contribution >= 4 is 5.97 Å². The standard InChI is InChI=1S/C14H19NO2/c1-10(11-7-8-11)15-9-13(14(16)17)12-5-3-2-4-6-12/h2-6,10-11,13,15H,7-9H2,1H3,(H,16,17). The Morgan fingerprint density at radius 2 is 2.06 bits per heavy atom. The highest BCUT2D eigenvalue weighted by Crippen LogP contribution is 2.32. The first kappa shape index (κ1) is 12.1. The Bertz CT molecular complexity index is 373. The van der Waals surface area contributed by atoms with Gasteiger partial charge < -0.3 is 10.4 Å². The Labute approximate surface area is 102 Å². The lowest BCUT2D eigenvalue weighted by atomic mass is 9.99. The van der Waals surface area contributed by atoms with Gasteiger partial charge in [-0.05, 0) is 31.2 Å². The largest absolute Gasteiger partial charge is 0.481 e. The minimum atomic E-state index is -0.758. The van der Waals surface area contributed by atoms with Crippen LogP contribution in [-0.4, -0.2) is 23.7 Å². The zero-order valence-corrected chi connectivity index (χ0v) is 10.1. The van der Waals surface area contributed by atoms with Gasteiger partial charge in [0.05, 0.1) is 5.92 Å². The van der Waals surface area contributed by atoms with Crippen LogP contribution < -0.4 is 5.32 Å². The number of nitrogens with one attached hydrogen (secondary N) is 1. The van der Waals surface area contributed by atoms with Crippen molar-refractivity contribution in [3.8, 4) is 0 Å². The third kappa shape index (κ3) is 3.30. The van der Waals surface area contributed by atoms with Crippen LogP contribution in [0.1, 0.15) is 31.2 Å². The van der Waals surface area contributed by atoms with Gasteiger partial charge in [0.15, 0.2) is 0 Å². The Balaban J connectivity index is 1.95. The number of carboxylic acid groups (broad SMARTS) is 1. The Morgan fingerprint density at radius 1 is 1.41 bits per heavy atom. The predicted molar refractivity (Wildman–Crippen MR) is 67.0 cm³/mol. The molecule has 0 radical (unpaired) electrons. The van der Waals surface area contributed by atoms with Gasteiger partial charge in [0.25, 0.3) is 0 Å². The quantitative estimate of drug-likeness (QED) is 0.792. The average Bonchev–Trinajstić information content (AvgIpc) is 3.14. The fraction of sp³-hybridized carbons (Fsp3) is 0.500. The Morgan fingerprint density at radius 3 is 2.59 bits per heavy atom. The molecule has 17 heavy (non-hydrogen) atoms. The van der Waals surface area contributed by atoms with Gasteiger partial charge in [-0.2, -0.15) is 0 Å². The fourth-order valence-electron chi connectivity index (χ4n) is 2.10. The molecule has 1 fully saturated rings.